The van der Waals surface area contributed by atoms with Crippen molar-refractivity contribution in [1.29, 1.82) is 0 Å². The molecule has 2 aromatic rings. The zero-order valence-corrected chi connectivity index (χ0v) is 15.0. The fraction of sp³-hybridized carbons (Fsp3) is 0.400. The number of pyridine rings is 1. The van der Waals surface area contributed by atoms with Crippen LogP contribution in [0.3, 0.4) is 0 Å². The quantitative estimate of drug-likeness (QED) is 0.790. The van der Waals surface area contributed by atoms with E-state index in [1.165, 1.54) is 6.20 Å². The average molecular weight is 361 g/mol. The van der Waals surface area contributed by atoms with Crippen LogP contribution in [0.2, 0.25) is 5.02 Å². The molecular formula is C20H22ClFN2O. The zero-order valence-electron chi connectivity index (χ0n) is 14.2. The zero-order chi connectivity index (χ0) is 17.8. The summed E-state index contributed by atoms with van der Waals surface area (Å²) in [5.74, 6) is 0.290. The number of hydrogen-bond acceptors (Lipinski definition) is 2. The second-order valence-corrected chi connectivity index (χ2v) is 7.23. The Kier molecular flexibility index (Phi) is 5.69. The van der Waals surface area contributed by atoms with Crippen LogP contribution in [0.4, 0.5) is 10.1 Å². The lowest BCUT2D eigenvalue weighted by atomic mass is 9.74. The molecule has 1 aromatic heterocycles. The third-order valence-corrected chi connectivity index (χ3v) is 5.50. The maximum atomic E-state index is 13.9. The number of anilines is 1. The number of rotatable bonds is 4. The van der Waals surface area contributed by atoms with Crippen molar-refractivity contribution in [3.8, 4) is 0 Å². The second-order valence-electron chi connectivity index (χ2n) is 6.79. The first-order valence-electron chi connectivity index (χ1n) is 8.70. The first-order valence-corrected chi connectivity index (χ1v) is 9.08. The molecule has 1 amide bonds. The highest BCUT2D eigenvalue weighted by molar-refractivity contribution is 6.30. The van der Waals surface area contributed by atoms with Crippen LogP contribution in [-0.2, 0) is 4.79 Å². The van der Waals surface area contributed by atoms with Crippen molar-refractivity contribution >= 4 is 23.2 Å². The van der Waals surface area contributed by atoms with Gasteiger partial charge in [-0.25, -0.2) is 4.39 Å². The van der Waals surface area contributed by atoms with Crippen LogP contribution >= 0.6 is 11.6 Å². The van der Waals surface area contributed by atoms with Crippen molar-refractivity contribution in [1.82, 2.24) is 4.98 Å². The number of aromatic nitrogens is 1. The van der Waals surface area contributed by atoms with E-state index in [1.54, 1.807) is 36.5 Å². The highest BCUT2D eigenvalue weighted by Crippen LogP contribution is 2.39. The summed E-state index contributed by atoms with van der Waals surface area (Å²) < 4.78 is 13.9. The van der Waals surface area contributed by atoms with Gasteiger partial charge in [-0.2, -0.15) is 0 Å². The van der Waals surface area contributed by atoms with Crippen molar-refractivity contribution in [3.05, 3.63) is 59.1 Å². The molecule has 0 radical (unpaired) electrons. The SMILES string of the molecule is CC(C(=O)Nc1ccc(Cl)cc1)C1CCC(c2ccncc2F)CC1. The summed E-state index contributed by atoms with van der Waals surface area (Å²) in [7, 11) is 0. The standard InChI is InChI=1S/C20H22ClFN2O/c1-13(20(25)24-17-8-6-16(21)7-9-17)14-2-4-15(5-3-14)18-10-11-23-12-19(18)22/h6-15H,2-5H2,1H3,(H,24,25). The van der Waals surface area contributed by atoms with Gasteiger partial charge in [0, 0.05) is 22.8 Å². The van der Waals surface area contributed by atoms with Gasteiger partial charge in [0.05, 0.1) is 6.20 Å². The van der Waals surface area contributed by atoms with Gasteiger partial charge in [0.25, 0.3) is 0 Å². The van der Waals surface area contributed by atoms with Crippen LogP contribution in [0.15, 0.2) is 42.7 Å². The molecule has 1 heterocycles. The Labute approximate surface area is 152 Å². The molecule has 5 heteroatoms. The summed E-state index contributed by atoms with van der Waals surface area (Å²) in [6, 6.07) is 8.90. The van der Waals surface area contributed by atoms with E-state index in [0.29, 0.717) is 10.9 Å². The van der Waals surface area contributed by atoms with E-state index < -0.39 is 0 Å². The van der Waals surface area contributed by atoms with E-state index in [9.17, 15) is 9.18 Å². The molecule has 1 atom stereocenters. The molecule has 1 saturated carbocycles. The Bertz CT molecular complexity index is 727. The van der Waals surface area contributed by atoms with Crippen molar-refractivity contribution in [3.63, 3.8) is 0 Å². The number of amides is 1. The summed E-state index contributed by atoms with van der Waals surface area (Å²) in [5, 5.41) is 3.60. The summed E-state index contributed by atoms with van der Waals surface area (Å²) in [6.07, 6.45) is 6.61. The molecule has 3 rings (SSSR count). The predicted octanol–water partition coefficient (Wildman–Crippen LogP) is 5.42. The van der Waals surface area contributed by atoms with Crippen LogP contribution < -0.4 is 5.32 Å². The van der Waals surface area contributed by atoms with Gasteiger partial charge in [-0.15, -0.1) is 0 Å². The monoisotopic (exact) mass is 360 g/mol. The van der Waals surface area contributed by atoms with Gasteiger partial charge in [-0.1, -0.05) is 18.5 Å². The third-order valence-electron chi connectivity index (χ3n) is 5.25. The number of nitrogens with one attached hydrogen (secondary N) is 1. The van der Waals surface area contributed by atoms with Crippen molar-refractivity contribution in [2.24, 2.45) is 11.8 Å². The molecule has 3 nitrogen and oxygen atoms in total. The first-order chi connectivity index (χ1) is 12.0. The normalized spacial score (nSPS) is 21.6. The Balaban J connectivity index is 1.56. The molecule has 1 fully saturated rings. The molecule has 0 saturated heterocycles. The molecule has 1 aromatic carbocycles. The molecule has 1 N–H and O–H groups in total. The molecule has 1 unspecified atom stereocenters. The minimum atomic E-state index is -0.223. The summed E-state index contributed by atoms with van der Waals surface area (Å²) in [6.45, 7) is 1.98. The molecule has 25 heavy (non-hydrogen) atoms. The van der Waals surface area contributed by atoms with Crippen LogP contribution in [0.25, 0.3) is 0 Å². The Morgan fingerprint density at radius 2 is 1.88 bits per heavy atom. The van der Waals surface area contributed by atoms with E-state index in [2.05, 4.69) is 10.3 Å². The predicted molar refractivity (Wildman–Crippen MR) is 98.1 cm³/mol. The Morgan fingerprint density at radius 3 is 2.52 bits per heavy atom. The second kappa shape index (κ2) is 7.96. The van der Waals surface area contributed by atoms with Crippen molar-refractivity contribution < 1.29 is 9.18 Å². The molecule has 1 aliphatic rings. The van der Waals surface area contributed by atoms with E-state index in [0.717, 1.165) is 36.9 Å². The molecule has 0 spiro atoms. The minimum Gasteiger partial charge on any atom is -0.326 e. The molecule has 0 bridgehead atoms. The molecule has 0 aliphatic heterocycles. The topological polar surface area (TPSA) is 42.0 Å². The smallest absolute Gasteiger partial charge is 0.227 e. The van der Waals surface area contributed by atoms with Gasteiger partial charge < -0.3 is 5.32 Å². The van der Waals surface area contributed by atoms with Gasteiger partial charge in [-0.05, 0) is 73.4 Å². The van der Waals surface area contributed by atoms with Crippen LogP contribution in [0, 0.1) is 17.7 Å². The molecule has 132 valence electrons. The highest BCUT2D eigenvalue weighted by Gasteiger charge is 2.30. The maximum absolute atomic E-state index is 13.9. The summed E-state index contributed by atoms with van der Waals surface area (Å²) in [4.78, 5) is 16.3. The number of hydrogen-bond donors (Lipinski definition) is 1. The van der Waals surface area contributed by atoms with Crippen LogP contribution in [0.5, 0.6) is 0 Å². The average Bonchev–Trinajstić information content (AvgIpc) is 2.63. The van der Waals surface area contributed by atoms with Gasteiger partial charge in [0.15, 0.2) is 0 Å². The number of carbonyl (C=O) groups excluding carboxylic acids is 1. The lowest BCUT2D eigenvalue weighted by molar-refractivity contribution is -0.121. The Morgan fingerprint density at radius 1 is 1.20 bits per heavy atom. The van der Waals surface area contributed by atoms with E-state index in [1.807, 2.05) is 6.92 Å². The minimum absolute atomic E-state index is 0.0286. The van der Waals surface area contributed by atoms with E-state index >= 15 is 0 Å². The van der Waals surface area contributed by atoms with E-state index in [4.69, 9.17) is 11.6 Å². The van der Waals surface area contributed by atoms with Gasteiger partial charge in [0.1, 0.15) is 5.82 Å². The number of halogens is 2. The maximum Gasteiger partial charge on any atom is 0.227 e. The van der Waals surface area contributed by atoms with Crippen LogP contribution in [-0.4, -0.2) is 10.9 Å². The largest absolute Gasteiger partial charge is 0.326 e. The first kappa shape index (κ1) is 17.9. The highest BCUT2D eigenvalue weighted by atomic mass is 35.5. The Hall–Kier alpha value is -1.94. The lowest BCUT2D eigenvalue weighted by Crippen LogP contribution is -2.29. The van der Waals surface area contributed by atoms with Crippen LogP contribution in [0.1, 0.15) is 44.1 Å². The van der Waals surface area contributed by atoms with Gasteiger partial charge in [-0.3, -0.25) is 9.78 Å². The summed E-state index contributed by atoms with van der Waals surface area (Å²) >= 11 is 5.86. The van der Waals surface area contributed by atoms with E-state index in [-0.39, 0.29) is 23.6 Å². The fourth-order valence-electron chi connectivity index (χ4n) is 3.65. The number of benzene rings is 1. The molecular weight excluding hydrogens is 339 g/mol. The molecule has 1 aliphatic carbocycles. The lowest BCUT2D eigenvalue weighted by Gasteiger charge is -2.32. The van der Waals surface area contributed by atoms with Crippen molar-refractivity contribution in [2.75, 3.05) is 5.32 Å². The van der Waals surface area contributed by atoms with Crippen molar-refractivity contribution in [2.45, 2.75) is 38.5 Å². The summed E-state index contributed by atoms with van der Waals surface area (Å²) in [5.41, 5.74) is 1.51. The number of nitrogens with zero attached hydrogens (tertiary/aromatic N) is 1. The number of carbonyl (C=O) groups is 1. The third kappa shape index (κ3) is 4.37. The van der Waals surface area contributed by atoms with Gasteiger partial charge in [0.2, 0.25) is 5.91 Å². The van der Waals surface area contributed by atoms with Gasteiger partial charge >= 0.3 is 0 Å². The fourth-order valence-corrected chi connectivity index (χ4v) is 3.78.